The van der Waals surface area contributed by atoms with Crippen LogP contribution >= 0.6 is 0 Å². The molecule has 0 bridgehead atoms. The van der Waals surface area contributed by atoms with Crippen molar-refractivity contribution >= 4 is 5.97 Å². The molecule has 0 radical (unpaired) electrons. The van der Waals surface area contributed by atoms with Crippen molar-refractivity contribution in [1.29, 1.82) is 0 Å². The Morgan fingerprint density at radius 3 is 2.42 bits per heavy atom. The summed E-state index contributed by atoms with van der Waals surface area (Å²) in [5.74, 6) is -1.03. The van der Waals surface area contributed by atoms with Crippen molar-refractivity contribution in [3.8, 4) is 0 Å². The lowest BCUT2D eigenvalue weighted by Crippen LogP contribution is -2.21. The van der Waals surface area contributed by atoms with Gasteiger partial charge in [-0.2, -0.15) is 0 Å². The molecule has 0 aromatic rings. The van der Waals surface area contributed by atoms with Gasteiger partial charge in [-0.1, -0.05) is 0 Å². The number of rotatable bonds is 5. The van der Waals surface area contributed by atoms with Crippen molar-refractivity contribution in [1.82, 2.24) is 0 Å². The van der Waals surface area contributed by atoms with Crippen LogP contribution in [0.4, 0.5) is 0 Å². The molecule has 0 rings (SSSR count). The molecule has 0 aliphatic carbocycles. The summed E-state index contributed by atoms with van der Waals surface area (Å²) >= 11 is 0. The summed E-state index contributed by atoms with van der Waals surface area (Å²) < 4.78 is 4.54. The van der Waals surface area contributed by atoms with E-state index in [1.165, 1.54) is 0 Å². The zero-order valence-electron chi connectivity index (χ0n) is 7.49. The summed E-state index contributed by atoms with van der Waals surface area (Å²) in [7, 11) is 0. The predicted octanol–water partition coefficient (Wildman–Crippen LogP) is 0.792. The standard InChI is InChI=1S/C7H14O5/c1-7(2,3)12-11-5-10-4-6(8)9/h4-5H2,1-3H3,(H,8,9). The van der Waals surface area contributed by atoms with E-state index < -0.39 is 11.6 Å². The Morgan fingerprint density at radius 1 is 1.42 bits per heavy atom. The first-order chi connectivity index (χ1) is 5.42. The van der Waals surface area contributed by atoms with Gasteiger partial charge in [-0.25, -0.2) is 14.6 Å². The van der Waals surface area contributed by atoms with E-state index in [-0.39, 0.29) is 13.4 Å². The Hall–Kier alpha value is -0.650. The van der Waals surface area contributed by atoms with E-state index in [0.29, 0.717) is 0 Å². The first-order valence-electron chi connectivity index (χ1n) is 3.52. The van der Waals surface area contributed by atoms with E-state index in [0.717, 1.165) is 0 Å². The molecule has 0 saturated carbocycles. The van der Waals surface area contributed by atoms with Crippen LogP contribution < -0.4 is 0 Å². The summed E-state index contributed by atoms with van der Waals surface area (Å²) in [5.41, 5.74) is -0.410. The summed E-state index contributed by atoms with van der Waals surface area (Å²) in [6.45, 7) is 4.87. The molecule has 1 N–H and O–H groups in total. The van der Waals surface area contributed by atoms with Gasteiger partial charge in [-0.05, 0) is 20.8 Å². The summed E-state index contributed by atoms with van der Waals surface area (Å²) in [5, 5.41) is 8.15. The summed E-state index contributed by atoms with van der Waals surface area (Å²) in [6, 6.07) is 0. The molecule has 5 nitrogen and oxygen atoms in total. The molecule has 0 aromatic carbocycles. The Balaban J connectivity index is 3.17. The molecule has 0 spiro atoms. The normalized spacial score (nSPS) is 11.6. The molecule has 0 fully saturated rings. The number of ether oxygens (including phenoxy) is 1. The van der Waals surface area contributed by atoms with Gasteiger partial charge in [0.25, 0.3) is 0 Å². The molecule has 0 heterocycles. The lowest BCUT2D eigenvalue weighted by Gasteiger charge is -2.16. The van der Waals surface area contributed by atoms with Gasteiger partial charge < -0.3 is 9.84 Å². The molecule has 0 atom stereocenters. The van der Waals surface area contributed by atoms with Crippen LogP contribution in [-0.4, -0.2) is 30.1 Å². The van der Waals surface area contributed by atoms with Crippen molar-refractivity contribution < 1.29 is 24.4 Å². The smallest absolute Gasteiger partial charge is 0.329 e. The van der Waals surface area contributed by atoms with Gasteiger partial charge in [0.15, 0.2) is 6.79 Å². The lowest BCUT2D eigenvalue weighted by atomic mass is 10.2. The maximum Gasteiger partial charge on any atom is 0.329 e. The van der Waals surface area contributed by atoms with E-state index in [1.807, 2.05) is 20.8 Å². The zero-order valence-corrected chi connectivity index (χ0v) is 7.49. The van der Waals surface area contributed by atoms with Crippen molar-refractivity contribution in [2.24, 2.45) is 0 Å². The average molecular weight is 178 g/mol. The minimum Gasteiger partial charge on any atom is -0.480 e. The highest BCUT2D eigenvalue weighted by molar-refractivity contribution is 5.67. The van der Waals surface area contributed by atoms with Gasteiger partial charge in [0.2, 0.25) is 0 Å². The van der Waals surface area contributed by atoms with Crippen LogP contribution in [0, 0.1) is 0 Å². The molecule has 0 amide bonds. The maximum absolute atomic E-state index is 9.94. The quantitative estimate of drug-likeness (QED) is 0.292. The monoisotopic (exact) mass is 178 g/mol. The van der Waals surface area contributed by atoms with Crippen molar-refractivity contribution in [3.05, 3.63) is 0 Å². The number of carboxylic acids is 1. The van der Waals surface area contributed by atoms with Crippen LogP contribution in [-0.2, 0) is 19.3 Å². The third-order valence-corrected chi connectivity index (χ3v) is 0.666. The van der Waals surface area contributed by atoms with Crippen LogP contribution in [0.5, 0.6) is 0 Å². The van der Waals surface area contributed by atoms with E-state index in [2.05, 4.69) is 9.62 Å². The molecule has 0 aliphatic rings. The van der Waals surface area contributed by atoms with Gasteiger partial charge in [0.05, 0.1) is 5.60 Å². The van der Waals surface area contributed by atoms with Gasteiger partial charge >= 0.3 is 5.97 Å². The molecule has 72 valence electrons. The van der Waals surface area contributed by atoms with Gasteiger partial charge in [-0.3, -0.25) is 0 Å². The minimum atomic E-state index is -1.03. The summed E-state index contributed by atoms with van der Waals surface area (Å²) in [6.07, 6.45) is 0. The fourth-order valence-corrected chi connectivity index (χ4v) is 0.364. The maximum atomic E-state index is 9.94. The second-order valence-electron chi connectivity index (χ2n) is 3.17. The molecular formula is C7H14O5. The van der Waals surface area contributed by atoms with Crippen LogP contribution in [0.1, 0.15) is 20.8 Å². The van der Waals surface area contributed by atoms with Gasteiger partial charge in [0, 0.05) is 0 Å². The molecule has 0 unspecified atom stereocenters. The van der Waals surface area contributed by atoms with Gasteiger partial charge in [0.1, 0.15) is 6.61 Å². The highest BCUT2D eigenvalue weighted by Gasteiger charge is 2.11. The second-order valence-corrected chi connectivity index (χ2v) is 3.17. The van der Waals surface area contributed by atoms with Crippen molar-refractivity contribution in [2.45, 2.75) is 26.4 Å². The highest BCUT2D eigenvalue weighted by Crippen LogP contribution is 2.06. The van der Waals surface area contributed by atoms with E-state index in [1.54, 1.807) is 0 Å². The molecule has 0 saturated heterocycles. The average Bonchev–Trinajstić information content (AvgIpc) is 1.83. The fraction of sp³-hybridized carbons (Fsp3) is 0.857. The largest absolute Gasteiger partial charge is 0.480 e. The van der Waals surface area contributed by atoms with E-state index in [9.17, 15) is 4.79 Å². The Bertz CT molecular complexity index is 137. The van der Waals surface area contributed by atoms with Crippen molar-refractivity contribution in [2.75, 3.05) is 13.4 Å². The topological polar surface area (TPSA) is 65.0 Å². The van der Waals surface area contributed by atoms with E-state index >= 15 is 0 Å². The first kappa shape index (κ1) is 11.4. The third-order valence-electron chi connectivity index (χ3n) is 0.666. The van der Waals surface area contributed by atoms with Gasteiger partial charge in [-0.15, -0.1) is 0 Å². The number of hydrogen-bond donors (Lipinski definition) is 1. The number of carbonyl (C=O) groups is 1. The lowest BCUT2D eigenvalue weighted by molar-refractivity contribution is -0.380. The van der Waals surface area contributed by atoms with Crippen LogP contribution in [0.3, 0.4) is 0 Å². The first-order valence-corrected chi connectivity index (χ1v) is 3.52. The molecule has 12 heavy (non-hydrogen) atoms. The summed E-state index contributed by atoms with van der Waals surface area (Å²) in [4.78, 5) is 19.3. The Labute approximate surface area is 71.2 Å². The van der Waals surface area contributed by atoms with Crippen LogP contribution in [0.25, 0.3) is 0 Å². The molecule has 0 aromatic heterocycles. The van der Waals surface area contributed by atoms with E-state index in [4.69, 9.17) is 9.99 Å². The van der Waals surface area contributed by atoms with Crippen molar-refractivity contribution in [3.63, 3.8) is 0 Å². The Kier molecular flexibility index (Phi) is 4.80. The fourth-order valence-electron chi connectivity index (χ4n) is 0.364. The number of hydrogen-bond acceptors (Lipinski definition) is 4. The molecular weight excluding hydrogens is 164 g/mol. The Morgan fingerprint density at radius 2 is 2.00 bits per heavy atom. The third kappa shape index (κ3) is 9.35. The van der Waals surface area contributed by atoms with Crippen LogP contribution in [0.2, 0.25) is 0 Å². The number of carboxylic acid groups (broad SMARTS) is 1. The number of aliphatic carboxylic acids is 1. The highest BCUT2D eigenvalue weighted by atomic mass is 17.2. The second kappa shape index (κ2) is 5.08. The minimum absolute atomic E-state index is 0.177. The zero-order chi connectivity index (χ0) is 9.61. The predicted molar refractivity (Wildman–Crippen MR) is 40.4 cm³/mol. The molecule has 0 aliphatic heterocycles. The molecule has 5 heteroatoms. The van der Waals surface area contributed by atoms with Crippen LogP contribution in [0.15, 0.2) is 0 Å². The SMILES string of the molecule is CC(C)(C)OOCOCC(=O)O.